The van der Waals surface area contributed by atoms with Gasteiger partial charge in [-0.15, -0.1) is 0 Å². The normalized spacial score (nSPS) is 13.6. The van der Waals surface area contributed by atoms with Crippen LogP contribution < -0.4 is 5.32 Å². The fraction of sp³-hybridized carbons (Fsp3) is 0.902. The highest BCUT2D eigenvalue weighted by molar-refractivity contribution is 5.76. The molecule has 4 N–H and O–H groups in total. The van der Waals surface area contributed by atoms with Crippen LogP contribution >= 0.6 is 0 Å². The number of carbonyl (C=O) groups excluding carboxylic acids is 1. The molecule has 0 aliphatic rings. The highest BCUT2D eigenvalue weighted by Crippen LogP contribution is 2.16. The molecule has 0 saturated carbocycles. The molecule has 0 fully saturated rings. The third-order valence-corrected chi connectivity index (χ3v) is 11.8. The second-order valence-electron chi connectivity index (χ2n) is 17.4. The number of unbranched alkanes of at least 4 members (excludes halogenated alkanes) is 34. The van der Waals surface area contributed by atoms with E-state index in [4.69, 9.17) is 0 Å². The molecule has 0 aromatic carbocycles. The molecule has 3 atom stereocenters. The topological polar surface area (TPSA) is 89.8 Å². The summed E-state index contributed by atoms with van der Waals surface area (Å²) in [4.78, 5) is 12.5. The monoisotopic (exact) mass is 790 g/mol. The van der Waals surface area contributed by atoms with Crippen molar-refractivity contribution in [2.75, 3.05) is 6.61 Å². The SMILES string of the molecule is CCCCCCCCCCCC/C=C\CCCCCCCCCC(=O)NC(CO)C(O)C(O)CCC/C=C/CCCCCCCCCCCCCCCCCC. The van der Waals surface area contributed by atoms with Crippen LogP contribution in [0.3, 0.4) is 0 Å². The minimum atomic E-state index is -1.16. The summed E-state index contributed by atoms with van der Waals surface area (Å²) >= 11 is 0. The molecule has 0 aromatic heterocycles. The zero-order valence-corrected chi connectivity index (χ0v) is 37.8. The van der Waals surface area contributed by atoms with Crippen molar-refractivity contribution in [3.05, 3.63) is 24.3 Å². The molecule has 1 amide bonds. The average molecular weight is 790 g/mol. The van der Waals surface area contributed by atoms with Crippen molar-refractivity contribution in [3.8, 4) is 0 Å². The first-order chi connectivity index (χ1) is 27.6. The lowest BCUT2D eigenvalue weighted by atomic mass is 10.0. The third-order valence-electron chi connectivity index (χ3n) is 11.8. The zero-order valence-electron chi connectivity index (χ0n) is 37.8. The Morgan fingerprint density at radius 3 is 1.04 bits per heavy atom. The van der Waals surface area contributed by atoms with Gasteiger partial charge in [-0.3, -0.25) is 4.79 Å². The minimum absolute atomic E-state index is 0.156. The molecular formula is C51H99NO4. The molecule has 0 aliphatic heterocycles. The summed E-state index contributed by atoms with van der Waals surface area (Å²) in [6, 6.07) is -0.827. The van der Waals surface area contributed by atoms with Gasteiger partial charge in [-0.2, -0.15) is 0 Å². The second-order valence-corrected chi connectivity index (χ2v) is 17.4. The first-order valence-electron chi connectivity index (χ1n) is 25.1. The van der Waals surface area contributed by atoms with Crippen molar-refractivity contribution in [1.82, 2.24) is 5.32 Å². The molecule has 0 spiro atoms. The van der Waals surface area contributed by atoms with Gasteiger partial charge in [0.25, 0.3) is 0 Å². The number of rotatable bonds is 46. The summed E-state index contributed by atoms with van der Waals surface area (Å²) < 4.78 is 0. The largest absolute Gasteiger partial charge is 0.394 e. The number of aliphatic hydroxyl groups excluding tert-OH is 3. The van der Waals surface area contributed by atoms with E-state index in [1.807, 2.05) is 0 Å². The molecule has 0 saturated heterocycles. The summed E-state index contributed by atoms with van der Waals surface area (Å²) in [7, 11) is 0. The van der Waals surface area contributed by atoms with E-state index in [2.05, 4.69) is 43.5 Å². The Morgan fingerprint density at radius 1 is 0.429 bits per heavy atom. The number of amides is 1. The van der Waals surface area contributed by atoms with E-state index in [0.717, 1.165) is 38.5 Å². The van der Waals surface area contributed by atoms with Gasteiger partial charge in [0.15, 0.2) is 0 Å². The van der Waals surface area contributed by atoms with E-state index in [-0.39, 0.29) is 12.5 Å². The van der Waals surface area contributed by atoms with Crippen LogP contribution in [0.4, 0.5) is 0 Å². The number of aliphatic hydroxyl groups is 3. The van der Waals surface area contributed by atoms with Crippen molar-refractivity contribution in [3.63, 3.8) is 0 Å². The second kappa shape index (κ2) is 46.5. The van der Waals surface area contributed by atoms with Gasteiger partial charge in [0, 0.05) is 6.42 Å². The smallest absolute Gasteiger partial charge is 0.220 e. The van der Waals surface area contributed by atoms with Crippen LogP contribution in [-0.2, 0) is 4.79 Å². The molecule has 5 nitrogen and oxygen atoms in total. The van der Waals surface area contributed by atoms with E-state index in [0.29, 0.717) is 12.8 Å². The maximum Gasteiger partial charge on any atom is 0.220 e. The summed E-state index contributed by atoms with van der Waals surface area (Å²) in [6.07, 6.45) is 57.4. The van der Waals surface area contributed by atoms with Crippen molar-refractivity contribution in [1.29, 1.82) is 0 Å². The number of carbonyl (C=O) groups is 1. The molecule has 0 aromatic rings. The molecule has 0 rings (SSSR count). The van der Waals surface area contributed by atoms with Gasteiger partial charge in [0.1, 0.15) is 6.10 Å². The Balaban J connectivity index is 3.62. The van der Waals surface area contributed by atoms with Crippen molar-refractivity contribution in [2.24, 2.45) is 0 Å². The van der Waals surface area contributed by atoms with Crippen molar-refractivity contribution < 1.29 is 20.1 Å². The summed E-state index contributed by atoms with van der Waals surface area (Å²) in [5, 5.41) is 33.6. The van der Waals surface area contributed by atoms with Gasteiger partial charge in [0.2, 0.25) is 5.91 Å². The number of hydrogen-bond acceptors (Lipinski definition) is 4. The Labute approximate surface area is 350 Å². The van der Waals surface area contributed by atoms with Crippen LogP contribution in [0, 0.1) is 0 Å². The molecule has 56 heavy (non-hydrogen) atoms. The van der Waals surface area contributed by atoms with E-state index >= 15 is 0 Å². The first kappa shape index (κ1) is 54.8. The molecule has 332 valence electrons. The van der Waals surface area contributed by atoms with E-state index in [9.17, 15) is 20.1 Å². The number of hydrogen-bond donors (Lipinski definition) is 4. The predicted octanol–water partition coefficient (Wildman–Crippen LogP) is 14.9. The molecule has 0 aliphatic carbocycles. The van der Waals surface area contributed by atoms with Crippen molar-refractivity contribution in [2.45, 2.75) is 289 Å². The minimum Gasteiger partial charge on any atom is -0.394 e. The maximum absolute atomic E-state index is 12.5. The number of nitrogens with one attached hydrogen (secondary N) is 1. The molecule has 5 heteroatoms. The standard InChI is InChI=1S/C51H99NO4/c1-3-5-7-9-11-13-15-17-19-21-23-25-27-29-31-33-35-37-39-41-43-45-49(54)51(56)48(47-53)52-50(55)46-44-42-40-38-36-34-32-30-28-26-24-22-20-18-16-14-12-10-8-6-4-2/h26,28,37,39,48-49,51,53-54,56H,3-25,27,29-36,38,40-47H2,1-2H3,(H,52,55)/b28-26-,39-37+. The third kappa shape index (κ3) is 41.0. The molecule has 0 radical (unpaired) electrons. The van der Waals surface area contributed by atoms with Gasteiger partial charge in [-0.25, -0.2) is 0 Å². The Hall–Kier alpha value is -1.17. The van der Waals surface area contributed by atoms with Gasteiger partial charge >= 0.3 is 0 Å². The Bertz CT molecular complexity index is 829. The van der Waals surface area contributed by atoms with E-state index in [1.54, 1.807) is 0 Å². The summed E-state index contributed by atoms with van der Waals surface area (Å²) in [5.41, 5.74) is 0. The van der Waals surface area contributed by atoms with Gasteiger partial charge in [-0.1, -0.05) is 224 Å². The Kier molecular flexibility index (Phi) is 45.5. The van der Waals surface area contributed by atoms with Gasteiger partial charge < -0.3 is 20.6 Å². The van der Waals surface area contributed by atoms with Crippen molar-refractivity contribution >= 4 is 5.91 Å². The van der Waals surface area contributed by atoms with Gasteiger partial charge in [-0.05, 0) is 64.2 Å². The van der Waals surface area contributed by atoms with Crippen LogP contribution in [-0.4, -0.2) is 46.1 Å². The Morgan fingerprint density at radius 2 is 0.714 bits per heavy atom. The fourth-order valence-electron chi connectivity index (χ4n) is 7.86. The molecule has 3 unspecified atom stereocenters. The first-order valence-corrected chi connectivity index (χ1v) is 25.1. The van der Waals surface area contributed by atoms with E-state index in [1.165, 1.54) is 205 Å². The van der Waals surface area contributed by atoms with Crippen LogP contribution in [0.5, 0.6) is 0 Å². The van der Waals surface area contributed by atoms with Crippen LogP contribution in [0.1, 0.15) is 271 Å². The lowest BCUT2D eigenvalue weighted by Gasteiger charge is -2.26. The molecule has 0 heterocycles. The molecular weight excluding hydrogens is 691 g/mol. The number of allylic oxidation sites excluding steroid dienone is 4. The zero-order chi connectivity index (χ0) is 40.8. The molecule has 0 bridgehead atoms. The summed E-state index contributed by atoms with van der Waals surface area (Å²) in [5.74, 6) is -0.156. The predicted molar refractivity (Wildman–Crippen MR) is 245 cm³/mol. The highest BCUT2D eigenvalue weighted by atomic mass is 16.3. The quantitative estimate of drug-likeness (QED) is 0.0365. The maximum atomic E-state index is 12.5. The van der Waals surface area contributed by atoms with Crippen LogP contribution in [0.25, 0.3) is 0 Å². The van der Waals surface area contributed by atoms with Crippen LogP contribution in [0.15, 0.2) is 24.3 Å². The van der Waals surface area contributed by atoms with Gasteiger partial charge in [0.05, 0.1) is 18.8 Å². The van der Waals surface area contributed by atoms with E-state index < -0.39 is 18.2 Å². The highest BCUT2D eigenvalue weighted by Gasteiger charge is 2.26. The lowest BCUT2D eigenvalue weighted by Crippen LogP contribution is -2.50. The average Bonchev–Trinajstić information content (AvgIpc) is 3.20. The summed E-state index contributed by atoms with van der Waals surface area (Å²) in [6.45, 7) is 4.19. The lowest BCUT2D eigenvalue weighted by molar-refractivity contribution is -0.124. The fourth-order valence-corrected chi connectivity index (χ4v) is 7.86. The van der Waals surface area contributed by atoms with Crippen LogP contribution in [0.2, 0.25) is 0 Å².